The van der Waals surface area contributed by atoms with Gasteiger partial charge in [0.15, 0.2) is 0 Å². The summed E-state index contributed by atoms with van der Waals surface area (Å²) in [5.41, 5.74) is 0.478. The summed E-state index contributed by atoms with van der Waals surface area (Å²) in [7, 11) is 0. The fraction of sp³-hybridized carbons (Fsp3) is 0.286. The lowest BCUT2D eigenvalue weighted by molar-refractivity contribution is -0.136. The zero-order chi connectivity index (χ0) is 15.1. The molecule has 2 aliphatic heterocycles. The molecule has 3 amide bonds. The van der Waals surface area contributed by atoms with Crippen molar-refractivity contribution in [3.63, 3.8) is 0 Å². The third-order valence-electron chi connectivity index (χ3n) is 3.73. The molecule has 6 nitrogen and oxygen atoms in total. The Hall–Kier alpha value is -2.75. The maximum Gasteiger partial charge on any atom is 0.255 e. The van der Waals surface area contributed by atoms with Gasteiger partial charge in [-0.2, -0.15) is 5.26 Å². The Bertz CT molecular complexity index is 723. The topological polar surface area (TPSA) is 90.3 Å². The van der Waals surface area contributed by atoms with Crippen LogP contribution in [0.5, 0.6) is 0 Å². The van der Waals surface area contributed by atoms with Gasteiger partial charge in [-0.15, -0.1) is 0 Å². The van der Waals surface area contributed by atoms with E-state index < -0.39 is 23.7 Å². The van der Waals surface area contributed by atoms with Gasteiger partial charge in [0.1, 0.15) is 17.9 Å². The van der Waals surface area contributed by atoms with Gasteiger partial charge < -0.3 is 4.90 Å². The lowest BCUT2D eigenvalue weighted by Gasteiger charge is -2.29. The number of fused-ring (bicyclic) bond motifs is 1. The number of amides is 3. The summed E-state index contributed by atoms with van der Waals surface area (Å²) in [5.74, 6) is -1.99. The van der Waals surface area contributed by atoms with E-state index >= 15 is 0 Å². The van der Waals surface area contributed by atoms with Crippen LogP contribution in [0.3, 0.4) is 0 Å². The van der Waals surface area contributed by atoms with Crippen molar-refractivity contribution in [2.24, 2.45) is 0 Å². The van der Waals surface area contributed by atoms with E-state index in [0.717, 1.165) is 6.07 Å². The quantitative estimate of drug-likeness (QED) is 0.760. The van der Waals surface area contributed by atoms with Gasteiger partial charge in [0.25, 0.3) is 5.91 Å². The molecule has 0 aliphatic carbocycles. The van der Waals surface area contributed by atoms with E-state index in [9.17, 15) is 18.8 Å². The summed E-state index contributed by atoms with van der Waals surface area (Å²) in [4.78, 5) is 36.6. The minimum absolute atomic E-state index is 0.100. The molecule has 1 aromatic rings. The number of nitrogens with zero attached hydrogens (tertiary/aromatic N) is 2. The number of halogens is 1. The van der Waals surface area contributed by atoms with Crippen LogP contribution in [0.15, 0.2) is 12.1 Å². The molecule has 2 heterocycles. The molecular weight excluding hydrogens is 277 g/mol. The van der Waals surface area contributed by atoms with Gasteiger partial charge in [-0.3, -0.25) is 19.7 Å². The van der Waals surface area contributed by atoms with Crippen LogP contribution in [-0.4, -0.2) is 28.7 Å². The molecule has 0 aromatic heterocycles. The highest BCUT2D eigenvalue weighted by molar-refractivity contribution is 6.05. The summed E-state index contributed by atoms with van der Waals surface area (Å²) in [6, 6.07) is 3.30. The Balaban J connectivity index is 1.92. The minimum atomic E-state index is -0.740. The molecule has 0 saturated carbocycles. The summed E-state index contributed by atoms with van der Waals surface area (Å²) < 4.78 is 13.6. The van der Waals surface area contributed by atoms with E-state index in [4.69, 9.17) is 5.26 Å². The Morgan fingerprint density at radius 3 is 2.76 bits per heavy atom. The van der Waals surface area contributed by atoms with Gasteiger partial charge >= 0.3 is 0 Å². The third kappa shape index (κ3) is 2.05. The minimum Gasteiger partial charge on any atom is -0.322 e. The molecule has 1 saturated heterocycles. The van der Waals surface area contributed by atoms with E-state index in [1.165, 1.54) is 11.0 Å². The second kappa shape index (κ2) is 4.66. The van der Waals surface area contributed by atoms with Crippen LogP contribution in [-0.2, 0) is 16.1 Å². The molecule has 3 rings (SSSR count). The highest BCUT2D eigenvalue weighted by atomic mass is 19.1. The van der Waals surface area contributed by atoms with E-state index in [2.05, 4.69) is 5.32 Å². The second-order valence-corrected chi connectivity index (χ2v) is 5.00. The zero-order valence-electron chi connectivity index (χ0n) is 10.9. The molecular formula is C14H10FN3O3. The summed E-state index contributed by atoms with van der Waals surface area (Å²) in [5, 5.41) is 11.0. The molecule has 0 radical (unpaired) electrons. The highest BCUT2D eigenvalue weighted by Crippen LogP contribution is 2.29. The van der Waals surface area contributed by atoms with Gasteiger partial charge in [-0.05, 0) is 24.1 Å². The fourth-order valence-electron chi connectivity index (χ4n) is 2.67. The number of carbonyl (C=O) groups is 3. The van der Waals surface area contributed by atoms with Gasteiger partial charge in [0, 0.05) is 18.5 Å². The van der Waals surface area contributed by atoms with Crippen molar-refractivity contribution in [3.8, 4) is 6.07 Å². The van der Waals surface area contributed by atoms with E-state index in [1.807, 2.05) is 0 Å². The van der Waals surface area contributed by atoms with E-state index in [-0.39, 0.29) is 36.4 Å². The molecule has 1 fully saturated rings. The summed E-state index contributed by atoms with van der Waals surface area (Å²) in [6.45, 7) is 0.100. The first-order chi connectivity index (χ1) is 10.0. The maximum atomic E-state index is 13.6. The average Bonchev–Trinajstić information content (AvgIpc) is 2.74. The van der Waals surface area contributed by atoms with Crippen LogP contribution in [0.2, 0.25) is 0 Å². The number of carbonyl (C=O) groups excluding carboxylic acids is 3. The molecule has 0 spiro atoms. The first-order valence-corrected chi connectivity index (χ1v) is 6.38. The van der Waals surface area contributed by atoms with Crippen LogP contribution in [0, 0.1) is 17.1 Å². The summed E-state index contributed by atoms with van der Waals surface area (Å²) >= 11 is 0. The molecule has 21 heavy (non-hydrogen) atoms. The first-order valence-electron chi connectivity index (χ1n) is 6.38. The molecule has 106 valence electrons. The number of piperidine rings is 1. The monoisotopic (exact) mass is 287 g/mol. The van der Waals surface area contributed by atoms with Crippen molar-refractivity contribution in [2.75, 3.05) is 0 Å². The standard InChI is InChI=1S/C14H10FN3O3/c15-10-4-8-6-18(11-1-2-12(19)17-13(11)20)14(21)9(8)3-7(10)5-16/h3-4,11H,1-2,6H2,(H,17,19,20). The molecule has 1 N–H and O–H groups in total. The number of nitrogens with one attached hydrogen (secondary N) is 1. The largest absolute Gasteiger partial charge is 0.322 e. The predicted molar refractivity (Wildman–Crippen MR) is 67.2 cm³/mol. The molecule has 7 heteroatoms. The molecule has 1 atom stereocenters. The van der Waals surface area contributed by atoms with Crippen molar-refractivity contribution < 1.29 is 18.8 Å². The second-order valence-electron chi connectivity index (χ2n) is 5.00. The molecule has 1 aromatic carbocycles. The first kappa shape index (κ1) is 13.2. The predicted octanol–water partition coefficient (Wildman–Crippen LogP) is 0.458. The van der Waals surface area contributed by atoms with Gasteiger partial charge in [-0.25, -0.2) is 4.39 Å². The number of rotatable bonds is 1. The Morgan fingerprint density at radius 2 is 2.10 bits per heavy atom. The van der Waals surface area contributed by atoms with Crippen molar-refractivity contribution >= 4 is 17.7 Å². The lowest BCUT2D eigenvalue weighted by Crippen LogP contribution is -2.52. The van der Waals surface area contributed by atoms with Crippen molar-refractivity contribution in [1.82, 2.24) is 10.2 Å². The van der Waals surface area contributed by atoms with Gasteiger partial charge in [0.2, 0.25) is 11.8 Å². The van der Waals surface area contributed by atoms with Crippen LogP contribution >= 0.6 is 0 Å². The van der Waals surface area contributed by atoms with E-state index in [0.29, 0.717) is 5.56 Å². The molecule has 1 unspecified atom stereocenters. The normalized spacial score (nSPS) is 21.0. The number of hydrogen-bond acceptors (Lipinski definition) is 4. The van der Waals surface area contributed by atoms with Crippen LogP contribution in [0.25, 0.3) is 0 Å². The zero-order valence-corrected chi connectivity index (χ0v) is 10.9. The van der Waals surface area contributed by atoms with Gasteiger partial charge in [0.05, 0.1) is 5.56 Å². The third-order valence-corrected chi connectivity index (χ3v) is 3.73. The Morgan fingerprint density at radius 1 is 1.33 bits per heavy atom. The van der Waals surface area contributed by atoms with Crippen molar-refractivity contribution in [1.29, 1.82) is 5.26 Å². The maximum absolute atomic E-state index is 13.6. The van der Waals surface area contributed by atoms with Crippen LogP contribution < -0.4 is 5.32 Å². The average molecular weight is 287 g/mol. The van der Waals surface area contributed by atoms with Gasteiger partial charge in [-0.1, -0.05) is 0 Å². The number of hydrogen-bond donors (Lipinski definition) is 1. The SMILES string of the molecule is N#Cc1cc2c(cc1F)CN(C1CCC(=O)NC1=O)C2=O. The highest BCUT2D eigenvalue weighted by Gasteiger charge is 2.39. The van der Waals surface area contributed by atoms with E-state index in [1.54, 1.807) is 6.07 Å². The van der Waals surface area contributed by atoms with Crippen molar-refractivity contribution in [2.45, 2.75) is 25.4 Å². The van der Waals surface area contributed by atoms with Crippen LogP contribution in [0.1, 0.15) is 34.3 Å². The van der Waals surface area contributed by atoms with Crippen LogP contribution in [0.4, 0.5) is 4.39 Å². The smallest absolute Gasteiger partial charge is 0.255 e. The Kier molecular flexibility index (Phi) is 2.94. The fourth-order valence-corrected chi connectivity index (χ4v) is 2.67. The van der Waals surface area contributed by atoms with Crippen molar-refractivity contribution in [3.05, 3.63) is 34.6 Å². The Labute approximate surface area is 119 Å². The molecule has 2 aliphatic rings. The lowest BCUT2D eigenvalue weighted by atomic mass is 10.0. The number of imide groups is 1. The molecule has 0 bridgehead atoms. The number of benzene rings is 1. The number of nitriles is 1. The summed E-state index contributed by atoms with van der Waals surface area (Å²) in [6.07, 6.45) is 0.409.